The van der Waals surface area contributed by atoms with Gasteiger partial charge in [0, 0.05) is 24.5 Å². The number of hydrogen-bond donors (Lipinski definition) is 1. The van der Waals surface area contributed by atoms with Gasteiger partial charge in [-0.05, 0) is 18.6 Å². The van der Waals surface area contributed by atoms with Crippen molar-refractivity contribution in [3.63, 3.8) is 0 Å². The highest BCUT2D eigenvalue weighted by molar-refractivity contribution is 6.31. The Bertz CT molecular complexity index is 484. The van der Waals surface area contributed by atoms with Gasteiger partial charge in [-0.25, -0.2) is 0 Å². The second kappa shape index (κ2) is 5.80. The number of nitrogens with zero attached hydrogens (tertiary/aromatic N) is 2. The summed E-state index contributed by atoms with van der Waals surface area (Å²) in [5.41, 5.74) is 1.09. The lowest BCUT2D eigenvalue weighted by atomic mass is 10.2. The van der Waals surface area contributed by atoms with Crippen LogP contribution in [0.15, 0.2) is 28.8 Å². The molecule has 5 heteroatoms. The predicted octanol–water partition coefficient (Wildman–Crippen LogP) is 2.36. The van der Waals surface area contributed by atoms with Gasteiger partial charge < -0.3 is 9.84 Å². The van der Waals surface area contributed by atoms with Gasteiger partial charge in [0.2, 0.25) is 5.89 Å². The fraction of sp³-hybridized carbons (Fsp3) is 0.333. The molecule has 1 aromatic carbocycles. The van der Waals surface area contributed by atoms with Crippen LogP contribution in [0, 0.1) is 6.92 Å². The van der Waals surface area contributed by atoms with Gasteiger partial charge in [0.1, 0.15) is 0 Å². The lowest BCUT2D eigenvalue weighted by Gasteiger charge is -2.04. The minimum Gasteiger partial charge on any atom is -0.339 e. The van der Waals surface area contributed by atoms with E-state index >= 15 is 0 Å². The lowest BCUT2D eigenvalue weighted by Crippen LogP contribution is -2.17. The van der Waals surface area contributed by atoms with E-state index < -0.39 is 0 Å². The monoisotopic (exact) mass is 251 g/mol. The Balaban J connectivity index is 1.75. The zero-order chi connectivity index (χ0) is 12.1. The molecule has 0 aliphatic rings. The molecule has 1 N–H and O–H groups in total. The average molecular weight is 252 g/mol. The fourth-order valence-electron chi connectivity index (χ4n) is 1.50. The molecule has 0 fully saturated rings. The maximum Gasteiger partial charge on any atom is 0.227 e. The Hall–Kier alpha value is -1.39. The summed E-state index contributed by atoms with van der Waals surface area (Å²) < 4.78 is 5.01. The molecule has 17 heavy (non-hydrogen) atoms. The van der Waals surface area contributed by atoms with Crippen LogP contribution in [0.4, 0.5) is 0 Å². The maximum atomic E-state index is 6.04. The molecule has 0 bridgehead atoms. The first-order valence-corrected chi connectivity index (χ1v) is 5.87. The number of halogens is 1. The minimum atomic E-state index is 0.661. The molecule has 1 heterocycles. The van der Waals surface area contributed by atoms with E-state index in [0.717, 1.165) is 30.1 Å². The molecule has 0 atom stereocenters. The summed E-state index contributed by atoms with van der Waals surface area (Å²) >= 11 is 6.04. The van der Waals surface area contributed by atoms with Gasteiger partial charge in [0.25, 0.3) is 0 Å². The molecule has 0 aliphatic carbocycles. The Morgan fingerprint density at radius 3 is 2.88 bits per heavy atom. The SMILES string of the molecule is Cc1noc(CCNCc2ccccc2Cl)n1. The van der Waals surface area contributed by atoms with E-state index in [1.54, 1.807) is 0 Å². The second-order valence-corrected chi connectivity index (χ2v) is 4.16. The van der Waals surface area contributed by atoms with Crippen molar-refractivity contribution < 1.29 is 4.52 Å². The first kappa shape index (κ1) is 12.1. The van der Waals surface area contributed by atoms with Crippen molar-refractivity contribution >= 4 is 11.6 Å². The van der Waals surface area contributed by atoms with Crippen molar-refractivity contribution in [3.05, 3.63) is 46.6 Å². The van der Waals surface area contributed by atoms with Crippen molar-refractivity contribution in [1.29, 1.82) is 0 Å². The van der Waals surface area contributed by atoms with Crippen LogP contribution < -0.4 is 5.32 Å². The molecule has 2 rings (SSSR count). The largest absolute Gasteiger partial charge is 0.339 e. The predicted molar refractivity (Wildman–Crippen MR) is 65.9 cm³/mol. The summed E-state index contributed by atoms with van der Waals surface area (Å²) in [7, 11) is 0. The highest BCUT2D eigenvalue weighted by Crippen LogP contribution is 2.14. The topological polar surface area (TPSA) is 51.0 Å². The Labute approximate surface area is 105 Å². The normalized spacial score (nSPS) is 10.7. The molecule has 0 saturated heterocycles. The number of nitrogens with one attached hydrogen (secondary N) is 1. The smallest absolute Gasteiger partial charge is 0.227 e. The van der Waals surface area contributed by atoms with Gasteiger partial charge in [0.05, 0.1) is 0 Å². The zero-order valence-corrected chi connectivity index (χ0v) is 10.4. The third-order valence-corrected chi connectivity index (χ3v) is 2.73. The minimum absolute atomic E-state index is 0.661. The summed E-state index contributed by atoms with van der Waals surface area (Å²) in [5, 5.41) is 7.81. The number of benzene rings is 1. The van der Waals surface area contributed by atoms with E-state index in [4.69, 9.17) is 16.1 Å². The first-order chi connectivity index (χ1) is 8.25. The summed E-state index contributed by atoms with van der Waals surface area (Å²) in [4.78, 5) is 4.13. The van der Waals surface area contributed by atoms with Gasteiger partial charge in [-0.1, -0.05) is 35.0 Å². The molecule has 0 amide bonds. The van der Waals surface area contributed by atoms with Gasteiger partial charge in [-0.15, -0.1) is 0 Å². The number of aromatic nitrogens is 2. The van der Waals surface area contributed by atoms with Crippen molar-refractivity contribution in [2.24, 2.45) is 0 Å². The molecular formula is C12H14ClN3O. The number of hydrogen-bond acceptors (Lipinski definition) is 4. The van der Waals surface area contributed by atoms with Crippen LogP contribution in [0.5, 0.6) is 0 Å². The third-order valence-electron chi connectivity index (χ3n) is 2.36. The van der Waals surface area contributed by atoms with Crippen molar-refractivity contribution in [2.45, 2.75) is 19.9 Å². The van der Waals surface area contributed by atoms with E-state index in [1.807, 2.05) is 31.2 Å². The highest BCUT2D eigenvalue weighted by Gasteiger charge is 2.02. The Morgan fingerprint density at radius 1 is 1.35 bits per heavy atom. The molecule has 0 aliphatic heterocycles. The van der Waals surface area contributed by atoms with Crippen LogP contribution in [0.25, 0.3) is 0 Å². The first-order valence-electron chi connectivity index (χ1n) is 5.49. The molecular weight excluding hydrogens is 238 g/mol. The molecule has 0 spiro atoms. The van der Waals surface area contributed by atoms with Crippen LogP contribution in [0.3, 0.4) is 0 Å². The number of aryl methyl sites for hydroxylation is 1. The Morgan fingerprint density at radius 2 is 2.18 bits per heavy atom. The quantitative estimate of drug-likeness (QED) is 0.829. The van der Waals surface area contributed by atoms with Gasteiger partial charge >= 0.3 is 0 Å². The molecule has 0 saturated carbocycles. The van der Waals surface area contributed by atoms with Crippen molar-refractivity contribution in [1.82, 2.24) is 15.5 Å². The average Bonchev–Trinajstić information content (AvgIpc) is 2.73. The molecule has 0 radical (unpaired) electrons. The van der Waals surface area contributed by atoms with Crippen LogP contribution in [0.1, 0.15) is 17.3 Å². The summed E-state index contributed by atoms with van der Waals surface area (Å²) in [6.07, 6.45) is 0.727. The van der Waals surface area contributed by atoms with Crippen molar-refractivity contribution in [2.75, 3.05) is 6.54 Å². The zero-order valence-electron chi connectivity index (χ0n) is 9.61. The van der Waals surface area contributed by atoms with Gasteiger partial charge in [-0.2, -0.15) is 4.98 Å². The summed E-state index contributed by atoms with van der Waals surface area (Å²) in [6.45, 7) is 3.34. The van der Waals surface area contributed by atoms with Gasteiger partial charge in [0.15, 0.2) is 5.82 Å². The highest BCUT2D eigenvalue weighted by atomic mass is 35.5. The molecule has 1 aromatic heterocycles. The van der Waals surface area contributed by atoms with Crippen LogP contribution in [0.2, 0.25) is 5.02 Å². The summed E-state index contributed by atoms with van der Waals surface area (Å²) in [5.74, 6) is 1.33. The van der Waals surface area contributed by atoms with E-state index in [1.165, 1.54) is 0 Å². The molecule has 2 aromatic rings. The summed E-state index contributed by atoms with van der Waals surface area (Å²) in [6, 6.07) is 7.80. The third kappa shape index (κ3) is 3.54. The number of rotatable bonds is 5. The standard InChI is InChI=1S/C12H14ClN3O/c1-9-15-12(17-16-9)6-7-14-8-10-4-2-3-5-11(10)13/h2-5,14H,6-8H2,1H3. The fourth-order valence-corrected chi connectivity index (χ4v) is 1.70. The van der Waals surface area contributed by atoms with Gasteiger partial charge in [-0.3, -0.25) is 0 Å². The maximum absolute atomic E-state index is 6.04. The van der Waals surface area contributed by atoms with E-state index in [9.17, 15) is 0 Å². The molecule has 4 nitrogen and oxygen atoms in total. The molecule has 90 valence electrons. The van der Waals surface area contributed by atoms with E-state index in [0.29, 0.717) is 11.7 Å². The van der Waals surface area contributed by atoms with E-state index in [-0.39, 0.29) is 0 Å². The second-order valence-electron chi connectivity index (χ2n) is 3.75. The Kier molecular flexibility index (Phi) is 4.12. The lowest BCUT2D eigenvalue weighted by molar-refractivity contribution is 0.372. The van der Waals surface area contributed by atoms with Crippen LogP contribution in [-0.2, 0) is 13.0 Å². The van der Waals surface area contributed by atoms with Crippen LogP contribution >= 0.6 is 11.6 Å². The van der Waals surface area contributed by atoms with Crippen LogP contribution in [-0.4, -0.2) is 16.7 Å². The van der Waals surface area contributed by atoms with Crippen molar-refractivity contribution in [3.8, 4) is 0 Å². The molecule has 0 unspecified atom stereocenters. The van der Waals surface area contributed by atoms with E-state index in [2.05, 4.69) is 15.5 Å².